The summed E-state index contributed by atoms with van der Waals surface area (Å²) in [7, 11) is -11.9. The molecule has 0 aromatic heterocycles. The molecule has 3 aliphatic carbocycles. The molecule has 0 saturated carbocycles. The number of fused-ring (bicyclic) bond motifs is 4. The minimum atomic E-state index is -4.04. The Morgan fingerprint density at radius 1 is 0.322 bits per heavy atom. The fraction of sp³-hybridized carbons (Fsp3) is 0.255. The van der Waals surface area contributed by atoms with Gasteiger partial charge in [0.25, 0.3) is 30.1 Å². The maximum absolute atomic E-state index is 13.2. The van der Waals surface area contributed by atoms with Gasteiger partial charge in [0.2, 0.25) is 35.4 Å². The van der Waals surface area contributed by atoms with Gasteiger partial charge in [-0.15, -0.1) is 0 Å². The van der Waals surface area contributed by atoms with Crippen LogP contribution < -0.4 is 44.3 Å². The van der Waals surface area contributed by atoms with E-state index in [0.717, 1.165) is 127 Å². The van der Waals surface area contributed by atoms with Crippen molar-refractivity contribution < 1.29 is 68.2 Å². The van der Waals surface area contributed by atoms with Gasteiger partial charge in [0.15, 0.2) is 0 Å². The largest absolute Gasteiger partial charge is 0.494 e. The highest BCUT2D eigenvalue weighted by Crippen LogP contribution is 2.40. The first kappa shape index (κ1) is 90.4. The Morgan fingerprint density at radius 2 is 0.595 bits per heavy atom. The van der Waals surface area contributed by atoms with Crippen LogP contribution in [0.25, 0.3) is 27.5 Å². The van der Waals surface area contributed by atoms with E-state index in [0.29, 0.717) is 94.3 Å². The Balaban J connectivity index is 0.000000178. The molecule has 0 aliphatic heterocycles. The number of rotatable bonds is 33. The minimum absolute atomic E-state index is 0.00339. The van der Waals surface area contributed by atoms with Crippen molar-refractivity contribution in [3.63, 3.8) is 0 Å². The zero-order valence-corrected chi connectivity index (χ0v) is 72.6. The van der Waals surface area contributed by atoms with Crippen molar-refractivity contribution >= 4 is 128 Å². The average molecular weight is 1750 g/mol. The van der Waals surface area contributed by atoms with E-state index in [1.54, 1.807) is 42.5 Å². The Kier molecular flexibility index (Phi) is 31.2. The van der Waals surface area contributed by atoms with Gasteiger partial charge in [0, 0.05) is 89.9 Å². The second-order valence-corrected chi connectivity index (χ2v) is 35.8. The Labute approximate surface area is 721 Å². The normalized spacial score (nSPS) is 12.7. The Morgan fingerprint density at radius 3 is 0.909 bits per heavy atom. The maximum atomic E-state index is 13.2. The van der Waals surface area contributed by atoms with E-state index in [2.05, 4.69) is 20.7 Å². The Hall–Kier alpha value is -11.4. The first-order valence-electron chi connectivity index (χ1n) is 39.6. The predicted molar refractivity (Wildman–Crippen MR) is 474 cm³/mol. The van der Waals surface area contributed by atoms with Crippen molar-refractivity contribution in [2.24, 2.45) is 0 Å². The van der Waals surface area contributed by atoms with Crippen LogP contribution in [0.15, 0.2) is 244 Å². The third kappa shape index (κ3) is 24.3. The molecule has 0 atom stereocenters. The lowest BCUT2D eigenvalue weighted by atomic mass is 10.0. The summed E-state index contributed by atoms with van der Waals surface area (Å²) in [6.45, 7) is 13.1. The van der Waals surface area contributed by atoms with Gasteiger partial charge in [-0.2, -0.15) is 0 Å². The molecule has 0 radical (unpaired) electrons. The van der Waals surface area contributed by atoms with Crippen molar-refractivity contribution in [3.05, 3.63) is 311 Å². The van der Waals surface area contributed by atoms with Crippen molar-refractivity contribution in [1.29, 1.82) is 0 Å². The zero-order chi connectivity index (χ0) is 86.5. The van der Waals surface area contributed by atoms with Gasteiger partial charge in [0.1, 0.15) is 17.2 Å². The molecule has 121 heavy (non-hydrogen) atoms. The molecule has 0 heterocycles. The number of amides is 6. The minimum Gasteiger partial charge on any atom is -0.494 e. The van der Waals surface area contributed by atoms with E-state index in [1.807, 2.05) is 184 Å². The van der Waals surface area contributed by atoms with Crippen LogP contribution in [-0.4, -0.2) is 100 Å². The van der Waals surface area contributed by atoms with Crippen molar-refractivity contribution in [3.8, 4) is 17.2 Å². The predicted octanol–water partition coefficient (Wildman–Crippen LogP) is 16.6. The molecule has 3 aliphatic rings. The zero-order valence-electron chi connectivity index (χ0n) is 67.9. The topological polar surface area (TPSA) is 305 Å². The highest BCUT2D eigenvalue weighted by Gasteiger charge is 2.30. The summed E-state index contributed by atoms with van der Waals surface area (Å²) in [5.41, 5.74) is 17.0. The average Bonchev–Trinajstić information content (AvgIpc) is 1.70. The number of nitrogens with one attached hydrogen (secondary N) is 6. The smallest absolute Gasteiger partial charge is 0.264 e. The van der Waals surface area contributed by atoms with E-state index in [9.17, 15) is 54.0 Å². The molecular formula is C94H95Cl3N6O15S3. The molecular weight excluding hydrogens is 1660 g/mol. The molecule has 27 heteroatoms. The number of carbonyl (C=O) groups excluding carboxylic acids is 6. The molecule has 0 bridgehead atoms. The van der Waals surface area contributed by atoms with Crippen LogP contribution in [0.3, 0.4) is 0 Å². The maximum Gasteiger partial charge on any atom is 0.264 e. The molecule has 0 spiro atoms. The van der Waals surface area contributed by atoms with Gasteiger partial charge in [0.05, 0.1) is 34.5 Å². The fourth-order valence-electron chi connectivity index (χ4n) is 14.6. The molecule has 0 unspecified atom stereocenters. The number of hydrogen-bond acceptors (Lipinski definition) is 15. The summed E-state index contributed by atoms with van der Waals surface area (Å²) in [6, 6.07) is 62.7. The standard InChI is InChI=1S/C34H33ClN2O5S.2C30H31ClN2O5S/c1-22-18-27(19-23(2)33(22)35)42-17-7-12-30-29-11-6-5-10-26(29)21-31(30)34(39)36-16-15-32(38)37-43(40,41)28-14-13-24-8-3-4-9-25(24)20-28;2*1-20-17-23(18-21(2)29(20)31)38-16-8-13-26-25-12-7-6-9-22(25)19-27(26)30(35)32-15-14-28(34)33-39(36,37)24-10-4-3-5-11-24/h3-6,8-11,13-14,18-20H,7,12,15-17,21H2,1-2H3,(H,36,39)(H,37,38);2*3-7,9-12,17-18H,8,13-16,19H2,1-2H3,(H,32,35)(H,33,34). The van der Waals surface area contributed by atoms with Gasteiger partial charge in [-0.25, -0.2) is 39.4 Å². The van der Waals surface area contributed by atoms with Crippen LogP contribution in [0.2, 0.25) is 15.1 Å². The number of carbonyl (C=O) groups is 6. The highest BCUT2D eigenvalue weighted by atomic mass is 35.5. The highest BCUT2D eigenvalue weighted by molar-refractivity contribution is 7.90. The molecule has 10 aromatic rings. The first-order chi connectivity index (χ1) is 57.9. The fourth-order valence-corrected chi connectivity index (χ4v) is 18.0. The third-order valence-corrected chi connectivity index (χ3v) is 26.5. The number of ether oxygens (including phenoxy) is 3. The Bertz CT molecular complexity index is 5740. The monoisotopic (exact) mass is 1750 g/mol. The first-order valence-corrected chi connectivity index (χ1v) is 45.2. The van der Waals surface area contributed by atoms with Crippen molar-refractivity contribution in [2.75, 3.05) is 39.5 Å². The third-order valence-electron chi connectivity index (χ3n) is 20.6. The van der Waals surface area contributed by atoms with Crippen LogP contribution in [0, 0.1) is 41.5 Å². The van der Waals surface area contributed by atoms with Crippen LogP contribution in [0.5, 0.6) is 17.2 Å². The second-order valence-electron chi connectivity index (χ2n) is 29.6. The molecule has 13 rings (SSSR count). The lowest BCUT2D eigenvalue weighted by Gasteiger charge is -2.12. The van der Waals surface area contributed by atoms with Crippen LogP contribution in [0.4, 0.5) is 0 Å². The van der Waals surface area contributed by atoms with Crippen molar-refractivity contribution in [2.45, 2.75) is 133 Å². The van der Waals surface area contributed by atoms with Gasteiger partial charge >= 0.3 is 0 Å². The molecule has 0 saturated heterocycles. The van der Waals surface area contributed by atoms with Gasteiger partial charge < -0.3 is 30.2 Å². The lowest BCUT2D eigenvalue weighted by molar-refractivity contribution is -0.121. The van der Waals surface area contributed by atoms with Gasteiger partial charge in [-0.1, -0.05) is 174 Å². The van der Waals surface area contributed by atoms with Gasteiger partial charge in [-0.3, -0.25) is 28.8 Å². The van der Waals surface area contributed by atoms with Gasteiger partial charge in [-0.05, 0) is 247 Å². The van der Waals surface area contributed by atoms with Crippen molar-refractivity contribution in [1.82, 2.24) is 30.1 Å². The lowest BCUT2D eigenvalue weighted by Crippen LogP contribution is -2.34. The SMILES string of the molecule is Cc1cc(OCCCC2=C(C(=O)NCCC(=O)NS(=O)(=O)c3ccc4ccccc4c3)Cc3ccccc32)cc(C)c1Cl.Cc1cc(OCCCC2=C(C(=O)NCCC(=O)NS(=O)(=O)c3ccccc3)Cc3ccccc32)cc(C)c1Cl.Cc1cc(OCCCC2=C(C(=O)NCCC(=O)NS(=O)(=O)c3ccccc3)Cc3ccccc32)cc(C)c1Cl. The van der Waals surface area contributed by atoms with Crippen LogP contribution in [-0.2, 0) is 78.1 Å². The number of hydrogen-bond donors (Lipinski definition) is 6. The van der Waals surface area contributed by atoms with E-state index >= 15 is 0 Å². The number of sulfonamides is 3. The number of halogens is 3. The number of allylic oxidation sites excluding steroid dienone is 3. The number of aryl methyl sites for hydroxylation is 6. The molecule has 10 aromatic carbocycles. The van der Waals surface area contributed by atoms with E-state index in [1.165, 1.54) is 36.4 Å². The van der Waals surface area contributed by atoms with Crippen LogP contribution in [0.1, 0.15) is 125 Å². The quantitative estimate of drug-likeness (QED) is 0.0208. The van der Waals surface area contributed by atoms with E-state index in [-0.39, 0.29) is 71.3 Å². The summed E-state index contributed by atoms with van der Waals surface area (Å²) in [4.78, 5) is 76.5. The molecule has 21 nitrogen and oxygen atoms in total. The summed E-state index contributed by atoms with van der Waals surface area (Å²) in [6.07, 6.45) is 5.07. The molecule has 630 valence electrons. The summed E-state index contributed by atoms with van der Waals surface area (Å²) >= 11 is 18.8. The summed E-state index contributed by atoms with van der Waals surface area (Å²) in [5, 5.41) is 12.2. The second kappa shape index (κ2) is 41.7. The summed E-state index contributed by atoms with van der Waals surface area (Å²) < 4.78 is 99.0. The number of benzene rings is 10. The van der Waals surface area contributed by atoms with Crippen LogP contribution >= 0.6 is 34.8 Å². The van der Waals surface area contributed by atoms with E-state index in [4.69, 9.17) is 49.0 Å². The molecule has 6 amide bonds. The molecule has 0 fully saturated rings. The van der Waals surface area contributed by atoms with E-state index < -0.39 is 47.8 Å². The molecule has 6 N–H and O–H groups in total. The summed E-state index contributed by atoms with van der Waals surface area (Å²) in [5.74, 6) is -0.556.